The minimum absolute atomic E-state index is 0.354. The highest BCUT2D eigenvalue weighted by Crippen LogP contribution is 2.41. The fraction of sp³-hybridized carbons (Fsp3) is 0.231. The van der Waals surface area contributed by atoms with Gasteiger partial charge in [-0.3, -0.25) is 0 Å². The Bertz CT molecular complexity index is 1380. The van der Waals surface area contributed by atoms with Gasteiger partial charge in [0.25, 0.3) is 0 Å². The number of benzene rings is 3. The molecule has 1 atom stereocenters. The van der Waals surface area contributed by atoms with E-state index in [0.717, 1.165) is 33.5 Å². The van der Waals surface area contributed by atoms with Gasteiger partial charge in [0.1, 0.15) is 0 Å². The average Bonchev–Trinajstić information content (AvgIpc) is 3.14. The summed E-state index contributed by atoms with van der Waals surface area (Å²) in [5, 5.41) is 1.18. The first kappa shape index (κ1) is 20.0. The van der Waals surface area contributed by atoms with Crippen LogP contribution in [0.2, 0.25) is 0 Å². The van der Waals surface area contributed by atoms with Gasteiger partial charge in [-0.05, 0) is 67.6 Å². The van der Waals surface area contributed by atoms with Crippen molar-refractivity contribution in [3.05, 3.63) is 100 Å². The Labute approximate surface area is 183 Å². The molecule has 4 aromatic rings. The summed E-state index contributed by atoms with van der Waals surface area (Å²) in [6.45, 7) is 6.45. The highest BCUT2D eigenvalue weighted by atomic mass is 32.2. The number of fused-ring (bicyclic) bond motifs is 3. The number of para-hydroxylation sites is 1. The normalized spacial score (nSPS) is 17.1. The van der Waals surface area contributed by atoms with Gasteiger partial charge in [0.15, 0.2) is 0 Å². The monoisotopic (exact) mass is 430 g/mol. The first-order valence-corrected chi connectivity index (χ1v) is 12.1. The van der Waals surface area contributed by atoms with E-state index in [1.165, 1.54) is 10.9 Å². The van der Waals surface area contributed by atoms with Crippen LogP contribution in [-0.4, -0.2) is 24.3 Å². The molecule has 0 saturated heterocycles. The first-order valence-electron chi connectivity index (χ1n) is 10.6. The Morgan fingerprint density at radius 1 is 0.903 bits per heavy atom. The number of H-pyrrole nitrogens is 1. The fourth-order valence-corrected chi connectivity index (χ4v) is 6.24. The predicted octanol–water partition coefficient (Wildman–Crippen LogP) is 5.43. The summed E-state index contributed by atoms with van der Waals surface area (Å²) < 4.78 is 29.3. The molecule has 1 N–H and O–H groups in total. The molecule has 2 heterocycles. The summed E-state index contributed by atoms with van der Waals surface area (Å²) in [5.41, 5.74) is 7.44. The van der Waals surface area contributed by atoms with Crippen LogP contribution in [0.25, 0.3) is 10.9 Å². The maximum absolute atomic E-state index is 13.8. The summed E-state index contributed by atoms with van der Waals surface area (Å²) in [5.74, 6) is 0. The molecule has 0 spiro atoms. The van der Waals surface area contributed by atoms with Crippen LogP contribution in [0.1, 0.15) is 39.6 Å². The van der Waals surface area contributed by atoms with Gasteiger partial charge in [-0.1, -0.05) is 54.1 Å². The van der Waals surface area contributed by atoms with E-state index in [9.17, 15) is 8.42 Å². The van der Waals surface area contributed by atoms with Crippen molar-refractivity contribution in [1.29, 1.82) is 0 Å². The number of nitrogens with one attached hydrogen (secondary N) is 1. The van der Waals surface area contributed by atoms with E-state index in [2.05, 4.69) is 17.1 Å². The quantitative estimate of drug-likeness (QED) is 0.471. The van der Waals surface area contributed by atoms with E-state index >= 15 is 0 Å². The van der Waals surface area contributed by atoms with Crippen LogP contribution in [0.3, 0.4) is 0 Å². The standard InChI is InChI=1S/C26H26N2O2S/c1-17-8-11-20(12-9-17)26-25-23(22-6-4-5-7-24(22)27-25)14-15-28(26)31(29,30)21-13-10-18(2)19(3)16-21/h4-13,16,26-27H,14-15H2,1-3H3/t26-/m0/s1. The third-order valence-electron chi connectivity index (χ3n) is 6.47. The molecular weight excluding hydrogens is 404 g/mol. The zero-order chi connectivity index (χ0) is 21.8. The Morgan fingerprint density at radius 2 is 1.65 bits per heavy atom. The van der Waals surface area contributed by atoms with Crippen molar-refractivity contribution < 1.29 is 8.42 Å². The lowest BCUT2D eigenvalue weighted by Crippen LogP contribution is -2.40. The number of aryl methyl sites for hydroxylation is 3. The molecule has 0 radical (unpaired) electrons. The molecule has 31 heavy (non-hydrogen) atoms. The average molecular weight is 431 g/mol. The van der Waals surface area contributed by atoms with Crippen LogP contribution in [0.5, 0.6) is 0 Å². The van der Waals surface area contributed by atoms with Gasteiger partial charge in [-0.2, -0.15) is 4.31 Å². The lowest BCUT2D eigenvalue weighted by molar-refractivity contribution is 0.340. The van der Waals surface area contributed by atoms with E-state index in [-0.39, 0.29) is 6.04 Å². The molecule has 1 aromatic heterocycles. The number of hydrogen-bond acceptors (Lipinski definition) is 2. The lowest BCUT2D eigenvalue weighted by Gasteiger charge is -2.35. The van der Waals surface area contributed by atoms with Crippen LogP contribution < -0.4 is 0 Å². The maximum Gasteiger partial charge on any atom is 0.244 e. The van der Waals surface area contributed by atoms with E-state index in [1.807, 2.05) is 63.2 Å². The second-order valence-corrected chi connectivity index (χ2v) is 10.4. The number of aromatic amines is 1. The van der Waals surface area contributed by atoms with Gasteiger partial charge >= 0.3 is 0 Å². The van der Waals surface area contributed by atoms with Gasteiger partial charge in [0.05, 0.1) is 10.9 Å². The zero-order valence-corrected chi connectivity index (χ0v) is 18.8. The van der Waals surface area contributed by atoms with Gasteiger partial charge < -0.3 is 4.98 Å². The Morgan fingerprint density at radius 3 is 2.39 bits per heavy atom. The minimum Gasteiger partial charge on any atom is -0.357 e. The molecular formula is C26H26N2O2S. The summed E-state index contributed by atoms with van der Waals surface area (Å²) in [4.78, 5) is 3.90. The third-order valence-corrected chi connectivity index (χ3v) is 8.33. The highest BCUT2D eigenvalue weighted by Gasteiger charge is 2.39. The van der Waals surface area contributed by atoms with Crippen molar-refractivity contribution in [2.24, 2.45) is 0 Å². The molecule has 5 rings (SSSR count). The first-order chi connectivity index (χ1) is 14.9. The van der Waals surface area contributed by atoms with Crippen molar-refractivity contribution in [2.75, 3.05) is 6.54 Å². The summed E-state index contributed by atoms with van der Waals surface area (Å²) in [6, 6.07) is 21.4. The number of hydrogen-bond donors (Lipinski definition) is 1. The van der Waals surface area contributed by atoms with Crippen LogP contribution >= 0.6 is 0 Å². The van der Waals surface area contributed by atoms with Gasteiger partial charge in [-0.25, -0.2) is 8.42 Å². The molecule has 3 aromatic carbocycles. The van der Waals surface area contributed by atoms with Crippen molar-refractivity contribution >= 4 is 20.9 Å². The Balaban J connectivity index is 1.71. The molecule has 5 heteroatoms. The zero-order valence-electron chi connectivity index (χ0n) is 18.0. The lowest BCUT2D eigenvalue weighted by atomic mass is 9.94. The van der Waals surface area contributed by atoms with E-state index in [1.54, 1.807) is 16.4 Å². The predicted molar refractivity (Wildman–Crippen MR) is 125 cm³/mol. The SMILES string of the molecule is Cc1ccc([C@H]2c3[nH]c4ccccc4c3CCN2S(=O)(=O)c2ccc(C)c(C)c2)cc1. The van der Waals surface area contributed by atoms with Gasteiger partial charge in [0, 0.05) is 23.1 Å². The third kappa shape index (κ3) is 3.29. The molecule has 1 aliphatic heterocycles. The van der Waals surface area contributed by atoms with E-state index in [0.29, 0.717) is 17.9 Å². The second-order valence-electron chi connectivity index (χ2n) is 8.49. The van der Waals surface area contributed by atoms with Crippen molar-refractivity contribution in [3.8, 4) is 0 Å². The highest BCUT2D eigenvalue weighted by molar-refractivity contribution is 7.89. The van der Waals surface area contributed by atoms with Crippen molar-refractivity contribution in [2.45, 2.75) is 38.1 Å². The molecule has 4 nitrogen and oxygen atoms in total. The van der Waals surface area contributed by atoms with E-state index < -0.39 is 10.0 Å². The van der Waals surface area contributed by atoms with Gasteiger partial charge in [-0.15, -0.1) is 0 Å². The van der Waals surface area contributed by atoms with Crippen LogP contribution in [0.4, 0.5) is 0 Å². The smallest absolute Gasteiger partial charge is 0.244 e. The molecule has 0 saturated carbocycles. The second kappa shape index (κ2) is 7.36. The maximum atomic E-state index is 13.8. The summed E-state index contributed by atoms with van der Waals surface area (Å²) in [7, 11) is -3.68. The Kier molecular flexibility index (Phi) is 4.76. The topological polar surface area (TPSA) is 53.2 Å². The molecule has 0 aliphatic carbocycles. The molecule has 0 bridgehead atoms. The summed E-state index contributed by atoms with van der Waals surface area (Å²) in [6.07, 6.45) is 0.686. The van der Waals surface area contributed by atoms with Crippen LogP contribution in [-0.2, 0) is 16.4 Å². The minimum atomic E-state index is -3.68. The molecule has 1 aliphatic rings. The number of aromatic nitrogens is 1. The summed E-state index contributed by atoms with van der Waals surface area (Å²) >= 11 is 0. The number of nitrogens with zero attached hydrogens (tertiary/aromatic N) is 1. The number of rotatable bonds is 3. The molecule has 158 valence electrons. The van der Waals surface area contributed by atoms with E-state index in [4.69, 9.17) is 0 Å². The molecule has 0 amide bonds. The van der Waals surface area contributed by atoms with Crippen LogP contribution in [0, 0.1) is 20.8 Å². The van der Waals surface area contributed by atoms with Gasteiger partial charge in [0.2, 0.25) is 10.0 Å². The van der Waals surface area contributed by atoms with Crippen LogP contribution in [0.15, 0.2) is 71.6 Å². The molecule has 0 fully saturated rings. The van der Waals surface area contributed by atoms with Crippen molar-refractivity contribution in [1.82, 2.24) is 9.29 Å². The molecule has 0 unspecified atom stereocenters. The fourth-order valence-electron chi connectivity index (χ4n) is 4.57. The largest absolute Gasteiger partial charge is 0.357 e. The Hall–Kier alpha value is -2.89. The number of sulfonamides is 1. The van der Waals surface area contributed by atoms with Crippen molar-refractivity contribution in [3.63, 3.8) is 0 Å².